The SMILES string of the molecule is CC(C)(C)S(=O)Oc1ccc([N+](=O)[O-])cc1[N+](=O)[O-]. The van der Waals surface area contributed by atoms with Gasteiger partial charge in [0.2, 0.25) is 16.8 Å². The van der Waals surface area contributed by atoms with Crippen molar-refractivity contribution in [2.75, 3.05) is 0 Å². The van der Waals surface area contributed by atoms with Crippen molar-refractivity contribution >= 4 is 22.5 Å². The van der Waals surface area contributed by atoms with Crippen LogP contribution < -0.4 is 4.18 Å². The second kappa shape index (κ2) is 5.31. The van der Waals surface area contributed by atoms with Crippen LogP contribution in [0.1, 0.15) is 20.8 Å². The van der Waals surface area contributed by atoms with Gasteiger partial charge in [-0.25, -0.2) is 4.21 Å². The van der Waals surface area contributed by atoms with Crippen LogP contribution in [-0.2, 0) is 11.1 Å². The van der Waals surface area contributed by atoms with Crippen molar-refractivity contribution in [2.45, 2.75) is 25.5 Å². The Morgan fingerprint density at radius 3 is 2.16 bits per heavy atom. The molecule has 0 aliphatic heterocycles. The van der Waals surface area contributed by atoms with Crippen LogP contribution in [0.25, 0.3) is 0 Å². The summed E-state index contributed by atoms with van der Waals surface area (Å²) >= 11 is -1.81. The highest BCUT2D eigenvalue weighted by molar-refractivity contribution is 7.82. The van der Waals surface area contributed by atoms with E-state index in [2.05, 4.69) is 0 Å². The smallest absolute Gasteiger partial charge is 0.319 e. The van der Waals surface area contributed by atoms with Crippen LogP contribution >= 0.6 is 0 Å². The van der Waals surface area contributed by atoms with Crippen molar-refractivity contribution in [1.82, 2.24) is 0 Å². The van der Waals surface area contributed by atoms with E-state index in [-0.39, 0.29) is 5.75 Å². The normalized spacial score (nSPS) is 12.8. The number of rotatable bonds is 4. The summed E-state index contributed by atoms with van der Waals surface area (Å²) in [6.07, 6.45) is 0. The highest BCUT2D eigenvalue weighted by Gasteiger charge is 2.27. The quantitative estimate of drug-likeness (QED) is 0.620. The highest BCUT2D eigenvalue weighted by atomic mass is 32.2. The van der Waals surface area contributed by atoms with E-state index in [0.29, 0.717) is 0 Å². The summed E-state index contributed by atoms with van der Waals surface area (Å²) < 4.78 is 16.0. The number of hydrogen-bond acceptors (Lipinski definition) is 6. The summed E-state index contributed by atoms with van der Waals surface area (Å²) in [7, 11) is 0. The van der Waals surface area contributed by atoms with E-state index in [1.54, 1.807) is 20.8 Å². The second-order valence-electron chi connectivity index (χ2n) is 4.60. The first-order valence-corrected chi connectivity index (χ1v) is 6.23. The molecule has 0 heterocycles. The van der Waals surface area contributed by atoms with Crippen LogP contribution in [0.2, 0.25) is 0 Å². The van der Waals surface area contributed by atoms with Gasteiger partial charge in [0.05, 0.1) is 20.7 Å². The van der Waals surface area contributed by atoms with Crippen LogP contribution in [0.15, 0.2) is 18.2 Å². The number of hydrogen-bond donors (Lipinski definition) is 0. The molecule has 0 N–H and O–H groups in total. The van der Waals surface area contributed by atoms with Crippen molar-refractivity contribution < 1.29 is 18.2 Å². The predicted octanol–water partition coefficient (Wildman–Crippen LogP) is 2.34. The molecule has 1 aromatic rings. The van der Waals surface area contributed by atoms with Gasteiger partial charge in [0, 0.05) is 6.07 Å². The first kappa shape index (κ1) is 15.0. The monoisotopic (exact) mass is 288 g/mol. The molecule has 8 nitrogen and oxygen atoms in total. The summed E-state index contributed by atoms with van der Waals surface area (Å²) in [5.41, 5.74) is -1.02. The number of nitro groups is 2. The Kier molecular flexibility index (Phi) is 4.20. The van der Waals surface area contributed by atoms with E-state index >= 15 is 0 Å². The lowest BCUT2D eigenvalue weighted by Gasteiger charge is -2.16. The van der Waals surface area contributed by atoms with Gasteiger partial charge in [0.15, 0.2) is 0 Å². The molecule has 1 atom stereocenters. The van der Waals surface area contributed by atoms with Gasteiger partial charge in [-0.05, 0) is 26.8 Å². The maximum absolute atomic E-state index is 11.8. The fourth-order valence-corrected chi connectivity index (χ4v) is 1.59. The first-order valence-electron chi connectivity index (χ1n) is 5.16. The third-order valence-electron chi connectivity index (χ3n) is 2.02. The van der Waals surface area contributed by atoms with Gasteiger partial charge in [0.25, 0.3) is 5.69 Å². The maximum atomic E-state index is 11.8. The molecule has 1 rings (SSSR count). The van der Waals surface area contributed by atoms with Gasteiger partial charge in [0.1, 0.15) is 0 Å². The summed E-state index contributed by atoms with van der Waals surface area (Å²) in [5, 5.41) is 21.4. The van der Waals surface area contributed by atoms with E-state index in [1.165, 1.54) is 0 Å². The Morgan fingerprint density at radius 1 is 1.16 bits per heavy atom. The molecule has 0 spiro atoms. The van der Waals surface area contributed by atoms with Gasteiger partial charge >= 0.3 is 5.69 Å². The molecular weight excluding hydrogens is 276 g/mol. The number of benzene rings is 1. The Bertz CT molecular complexity index is 551. The van der Waals surface area contributed by atoms with Crippen LogP contribution in [-0.4, -0.2) is 18.8 Å². The molecule has 104 valence electrons. The maximum Gasteiger partial charge on any atom is 0.319 e. The van der Waals surface area contributed by atoms with E-state index in [9.17, 15) is 24.4 Å². The Morgan fingerprint density at radius 2 is 1.74 bits per heavy atom. The molecule has 0 bridgehead atoms. The number of nitrogens with zero attached hydrogens (tertiary/aromatic N) is 2. The van der Waals surface area contributed by atoms with Crippen molar-refractivity contribution in [3.8, 4) is 5.75 Å². The number of nitro benzene ring substituents is 2. The lowest BCUT2D eigenvalue weighted by atomic mass is 10.2. The molecule has 19 heavy (non-hydrogen) atoms. The molecule has 0 fully saturated rings. The van der Waals surface area contributed by atoms with Crippen molar-refractivity contribution in [3.63, 3.8) is 0 Å². The molecule has 0 saturated carbocycles. The van der Waals surface area contributed by atoms with E-state index in [1.807, 2.05) is 0 Å². The predicted molar refractivity (Wildman–Crippen MR) is 68.3 cm³/mol. The molecule has 1 unspecified atom stereocenters. The summed E-state index contributed by atoms with van der Waals surface area (Å²) in [5.74, 6) is -0.260. The van der Waals surface area contributed by atoms with Crippen LogP contribution in [0.4, 0.5) is 11.4 Å². The topological polar surface area (TPSA) is 113 Å². The molecule has 0 aromatic heterocycles. The molecule has 1 aromatic carbocycles. The largest absolute Gasteiger partial charge is 0.393 e. The average molecular weight is 288 g/mol. The van der Waals surface area contributed by atoms with Crippen LogP contribution in [0.3, 0.4) is 0 Å². The lowest BCUT2D eigenvalue weighted by Crippen LogP contribution is -2.25. The van der Waals surface area contributed by atoms with Gasteiger partial charge in [-0.2, -0.15) is 0 Å². The third kappa shape index (κ3) is 3.71. The molecule has 0 aliphatic carbocycles. The van der Waals surface area contributed by atoms with Crippen molar-refractivity contribution in [2.24, 2.45) is 0 Å². The zero-order valence-corrected chi connectivity index (χ0v) is 11.3. The lowest BCUT2D eigenvalue weighted by molar-refractivity contribution is -0.394. The summed E-state index contributed by atoms with van der Waals surface area (Å²) in [6.45, 7) is 4.92. The standard InChI is InChI=1S/C10H12N2O6S/c1-10(2,3)19(17)18-9-5-4-7(11(13)14)6-8(9)12(15)16/h4-6H,1-3H3. The summed E-state index contributed by atoms with van der Waals surface area (Å²) in [4.78, 5) is 19.8. The molecule has 0 aliphatic rings. The van der Waals surface area contributed by atoms with E-state index in [0.717, 1.165) is 18.2 Å². The van der Waals surface area contributed by atoms with Gasteiger partial charge in [-0.3, -0.25) is 20.2 Å². The first-order chi connectivity index (χ1) is 8.62. The molecule has 0 radical (unpaired) electrons. The van der Waals surface area contributed by atoms with Crippen LogP contribution in [0, 0.1) is 20.2 Å². The Labute approximate surface area is 111 Å². The number of non-ortho nitro benzene ring substituents is 1. The zero-order chi connectivity index (χ0) is 14.8. The van der Waals surface area contributed by atoms with Crippen LogP contribution in [0.5, 0.6) is 5.75 Å². The second-order valence-corrected chi connectivity index (χ2v) is 6.46. The van der Waals surface area contributed by atoms with Crippen molar-refractivity contribution in [1.29, 1.82) is 0 Å². The fraction of sp³-hybridized carbons (Fsp3) is 0.400. The molecule has 0 amide bonds. The minimum Gasteiger partial charge on any atom is -0.393 e. The minimum absolute atomic E-state index is 0.260. The third-order valence-corrected chi connectivity index (χ3v) is 3.35. The Balaban J connectivity index is 3.18. The minimum atomic E-state index is -1.81. The van der Waals surface area contributed by atoms with Crippen molar-refractivity contribution in [3.05, 3.63) is 38.4 Å². The fourth-order valence-electron chi connectivity index (χ4n) is 1.04. The van der Waals surface area contributed by atoms with Gasteiger partial charge < -0.3 is 4.18 Å². The average Bonchev–Trinajstić information content (AvgIpc) is 2.27. The van der Waals surface area contributed by atoms with E-state index < -0.39 is 37.0 Å². The van der Waals surface area contributed by atoms with Gasteiger partial charge in [-0.1, -0.05) is 0 Å². The summed E-state index contributed by atoms with van der Waals surface area (Å²) in [6, 6.07) is 2.90. The highest BCUT2D eigenvalue weighted by Crippen LogP contribution is 2.32. The van der Waals surface area contributed by atoms with E-state index in [4.69, 9.17) is 4.18 Å². The molecular formula is C10H12N2O6S. The molecule has 0 saturated heterocycles. The zero-order valence-electron chi connectivity index (χ0n) is 10.5. The Hall–Kier alpha value is -2.03. The van der Waals surface area contributed by atoms with Gasteiger partial charge in [-0.15, -0.1) is 0 Å². The molecule has 9 heteroatoms.